The molecule has 0 bridgehead atoms. The van der Waals surface area contributed by atoms with Crippen LogP contribution in [0.25, 0.3) is 11.5 Å². The van der Waals surface area contributed by atoms with Crippen LogP contribution in [0.15, 0.2) is 22.7 Å². The van der Waals surface area contributed by atoms with Crippen LogP contribution in [0.4, 0.5) is 18.9 Å². The molecule has 2 rings (SSSR count). The maximum Gasteiger partial charge on any atom is 0.455 e. The van der Waals surface area contributed by atoms with Gasteiger partial charge in [-0.05, 0) is 18.2 Å². The van der Waals surface area contributed by atoms with Crippen molar-refractivity contribution < 1.29 is 17.7 Å². The van der Waals surface area contributed by atoms with Gasteiger partial charge in [0, 0.05) is 5.69 Å². The molecule has 0 saturated carbocycles. The molecule has 0 unspecified atom stereocenters. The first-order chi connectivity index (χ1) is 7.88. The molecule has 2 N–H and O–H groups in total. The summed E-state index contributed by atoms with van der Waals surface area (Å²) in [5.41, 5.74) is 6.03. The Morgan fingerprint density at radius 2 is 2.00 bits per heavy atom. The standard InChI is InChI=1S/C9H5ClF3N3O/c10-6-3-4(14)1-2-5(6)7-15-8(16-17-7)9(11,12)13/h1-3H,14H2. The van der Waals surface area contributed by atoms with Gasteiger partial charge in [0.2, 0.25) is 0 Å². The average Bonchev–Trinajstić information content (AvgIpc) is 2.65. The first kappa shape index (κ1) is 11.7. The summed E-state index contributed by atoms with van der Waals surface area (Å²) in [6, 6.07) is 4.26. The van der Waals surface area contributed by atoms with Crippen LogP contribution in [0.5, 0.6) is 0 Å². The van der Waals surface area contributed by atoms with Crippen LogP contribution in [-0.4, -0.2) is 10.1 Å². The SMILES string of the molecule is Nc1ccc(-c2nc(C(F)(F)F)no2)c(Cl)c1. The first-order valence-corrected chi connectivity index (χ1v) is 4.72. The number of nitrogens with two attached hydrogens (primary N) is 1. The summed E-state index contributed by atoms with van der Waals surface area (Å²) in [6.07, 6.45) is -4.65. The molecule has 0 amide bonds. The molecule has 0 aliphatic rings. The van der Waals surface area contributed by atoms with Crippen LogP contribution in [0, 0.1) is 0 Å². The second-order valence-electron chi connectivity index (χ2n) is 3.16. The number of hydrogen-bond donors (Lipinski definition) is 1. The van der Waals surface area contributed by atoms with Crippen LogP contribution in [0.2, 0.25) is 5.02 Å². The van der Waals surface area contributed by atoms with Crippen LogP contribution >= 0.6 is 11.6 Å². The Hall–Kier alpha value is -1.76. The molecule has 0 fully saturated rings. The molecule has 1 heterocycles. The minimum absolute atomic E-state index is 0.141. The Morgan fingerprint density at radius 3 is 2.53 bits per heavy atom. The number of halogens is 4. The van der Waals surface area contributed by atoms with Crippen molar-refractivity contribution in [3.63, 3.8) is 0 Å². The molecule has 8 heteroatoms. The zero-order chi connectivity index (χ0) is 12.6. The van der Waals surface area contributed by atoms with Gasteiger partial charge in [0.1, 0.15) is 0 Å². The zero-order valence-corrected chi connectivity index (χ0v) is 8.88. The lowest BCUT2D eigenvalue weighted by Gasteiger charge is -1.99. The maximum atomic E-state index is 12.2. The number of nitrogens with zero attached hydrogens (tertiary/aromatic N) is 2. The van der Waals surface area contributed by atoms with Gasteiger partial charge in [-0.2, -0.15) is 18.2 Å². The molecule has 0 aliphatic heterocycles. The highest BCUT2D eigenvalue weighted by Crippen LogP contribution is 2.32. The van der Waals surface area contributed by atoms with E-state index in [9.17, 15) is 13.2 Å². The topological polar surface area (TPSA) is 64.9 Å². The van der Waals surface area contributed by atoms with Crippen molar-refractivity contribution in [1.29, 1.82) is 0 Å². The number of nitrogen functional groups attached to an aromatic ring is 1. The Morgan fingerprint density at radius 1 is 1.29 bits per heavy atom. The van der Waals surface area contributed by atoms with Crippen LogP contribution in [-0.2, 0) is 6.18 Å². The third-order valence-electron chi connectivity index (χ3n) is 1.90. The molecule has 0 atom stereocenters. The van der Waals surface area contributed by atoms with E-state index in [1.165, 1.54) is 18.2 Å². The molecule has 0 radical (unpaired) electrons. The van der Waals surface area contributed by atoms with E-state index in [0.717, 1.165) is 0 Å². The molecule has 90 valence electrons. The lowest BCUT2D eigenvalue weighted by atomic mass is 10.2. The zero-order valence-electron chi connectivity index (χ0n) is 8.12. The van der Waals surface area contributed by atoms with Crippen molar-refractivity contribution in [2.24, 2.45) is 0 Å². The molecule has 0 spiro atoms. The summed E-state index contributed by atoms with van der Waals surface area (Å²) in [4.78, 5) is 3.21. The van der Waals surface area contributed by atoms with E-state index >= 15 is 0 Å². The largest absolute Gasteiger partial charge is 0.455 e. The highest BCUT2D eigenvalue weighted by Gasteiger charge is 2.37. The van der Waals surface area contributed by atoms with E-state index in [4.69, 9.17) is 17.3 Å². The Labute approximate surface area is 98.2 Å². The predicted octanol–water partition coefficient (Wildman–Crippen LogP) is 2.99. The van der Waals surface area contributed by atoms with Gasteiger partial charge < -0.3 is 10.3 Å². The van der Waals surface area contributed by atoms with E-state index in [-0.39, 0.29) is 16.5 Å². The number of aromatic nitrogens is 2. The first-order valence-electron chi connectivity index (χ1n) is 4.34. The minimum atomic E-state index is -4.65. The van der Waals surface area contributed by atoms with Gasteiger partial charge >= 0.3 is 6.18 Å². The van der Waals surface area contributed by atoms with Gasteiger partial charge in [0.25, 0.3) is 11.7 Å². The van der Waals surface area contributed by atoms with Crippen molar-refractivity contribution in [3.05, 3.63) is 29.0 Å². The van der Waals surface area contributed by atoms with Crippen LogP contribution < -0.4 is 5.73 Å². The lowest BCUT2D eigenvalue weighted by molar-refractivity contribution is -0.146. The monoisotopic (exact) mass is 263 g/mol. The normalized spacial score (nSPS) is 11.8. The maximum absolute atomic E-state index is 12.2. The van der Waals surface area contributed by atoms with E-state index in [0.29, 0.717) is 5.69 Å². The fourth-order valence-electron chi connectivity index (χ4n) is 1.15. The summed E-state index contributed by atoms with van der Waals surface area (Å²) in [7, 11) is 0. The molecular formula is C9H5ClF3N3O. The molecule has 1 aromatic carbocycles. The van der Waals surface area contributed by atoms with Crippen molar-refractivity contribution in [3.8, 4) is 11.5 Å². The summed E-state index contributed by atoms with van der Waals surface area (Å²) >= 11 is 5.80. The van der Waals surface area contributed by atoms with Crippen molar-refractivity contribution in [2.75, 3.05) is 5.73 Å². The predicted molar refractivity (Wildman–Crippen MR) is 54.2 cm³/mol. The third kappa shape index (κ3) is 2.33. The smallest absolute Gasteiger partial charge is 0.399 e. The second kappa shape index (κ2) is 3.92. The molecule has 0 aliphatic carbocycles. The molecule has 17 heavy (non-hydrogen) atoms. The minimum Gasteiger partial charge on any atom is -0.399 e. The van der Waals surface area contributed by atoms with Crippen LogP contribution in [0.3, 0.4) is 0 Å². The number of alkyl halides is 3. The van der Waals surface area contributed by atoms with Gasteiger partial charge in [-0.3, -0.25) is 0 Å². The van der Waals surface area contributed by atoms with E-state index in [1.807, 2.05) is 0 Å². The van der Waals surface area contributed by atoms with Gasteiger partial charge in [0.15, 0.2) is 0 Å². The molecule has 0 saturated heterocycles. The van der Waals surface area contributed by atoms with Gasteiger partial charge in [-0.25, -0.2) is 0 Å². The summed E-state index contributed by atoms with van der Waals surface area (Å²) < 4.78 is 41.2. The van der Waals surface area contributed by atoms with Crippen LogP contribution in [0.1, 0.15) is 5.82 Å². The van der Waals surface area contributed by atoms with Gasteiger partial charge in [-0.15, -0.1) is 0 Å². The quantitative estimate of drug-likeness (QED) is 0.803. The fraction of sp³-hybridized carbons (Fsp3) is 0.111. The van der Waals surface area contributed by atoms with Crippen molar-refractivity contribution in [2.45, 2.75) is 6.18 Å². The summed E-state index contributed by atoms with van der Waals surface area (Å²) in [5, 5.41) is 2.97. The summed E-state index contributed by atoms with van der Waals surface area (Å²) in [5.74, 6) is -1.65. The average molecular weight is 264 g/mol. The highest BCUT2D eigenvalue weighted by molar-refractivity contribution is 6.33. The number of rotatable bonds is 1. The number of anilines is 1. The molecular weight excluding hydrogens is 259 g/mol. The van der Waals surface area contributed by atoms with E-state index in [1.54, 1.807) is 0 Å². The Bertz CT molecular complexity index is 553. The molecule has 2 aromatic rings. The Kier molecular flexibility index (Phi) is 2.70. The van der Waals surface area contributed by atoms with Gasteiger partial charge in [-0.1, -0.05) is 16.8 Å². The lowest BCUT2D eigenvalue weighted by Crippen LogP contribution is -2.07. The van der Waals surface area contributed by atoms with E-state index < -0.39 is 12.0 Å². The molecule has 1 aromatic heterocycles. The Balaban J connectivity index is 2.44. The van der Waals surface area contributed by atoms with Crippen molar-refractivity contribution >= 4 is 17.3 Å². The van der Waals surface area contributed by atoms with Gasteiger partial charge in [0.05, 0.1) is 10.6 Å². The summed E-state index contributed by atoms with van der Waals surface area (Å²) in [6.45, 7) is 0. The fourth-order valence-corrected chi connectivity index (χ4v) is 1.42. The number of benzene rings is 1. The molecule has 4 nitrogen and oxygen atoms in total. The second-order valence-corrected chi connectivity index (χ2v) is 3.57. The van der Waals surface area contributed by atoms with E-state index in [2.05, 4.69) is 14.7 Å². The number of hydrogen-bond acceptors (Lipinski definition) is 4. The van der Waals surface area contributed by atoms with Crippen molar-refractivity contribution in [1.82, 2.24) is 10.1 Å². The highest BCUT2D eigenvalue weighted by atomic mass is 35.5. The third-order valence-corrected chi connectivity index (χ3v) is 2.22.